The van der Waals surface area contributed by atoms with Crippen LogP contribution in [0.3, 0.4) is 0 Å². The Morgan fingerprint density at radius 2 is 1.70 bits per heavy atom. The molecule has 2 aromatic rings. The molecule has 0 spiro atoms. The van der Waals surface area contributed by atoms with E-state index < -0.39 is 11.7 Å². The van der Waals surface area contributed by atoms with E-state index >= 15 is 0 Å². The summed E-state index contributed by atoms with van der Waals surface area (Å²) in [5.74, 6) is -1.20. The summed E-state index contributed by atoms with van der Waals surface area (Å²) in [6.45, 7) is 0.138. The molecule has 23 heavy (non-hydrogen) atoms. The lowest BCUT2D eigenvalue weighted by Gasteiger charge is -2.20. The molecule has 0 saturated carbocycles. The fourth-order valence-corrected chi connectivity index (χ4v) is 2.03. The summed E-state index contributed by atoms with van der Waals surface area (Å²) in [6.07, 6.45) is 3.13. The van der Waals surface area contributed by atoms with Crippen LogP contribution in [0.4, 0.5) is 10.1 Å². The molecule has 0 fully saturated rings. The number of carbonyl (C=O) groups is 2. The summed E-state index contributed by atoms with van der Waals surface area (Å²) in [5.41, 5.74) is 6.55. The molecular weight excluding hydrogens is 295 g/mol. The van der Waals surface area contributed by atoms with Crippen LogP contribution in [0.5, 0.6) is 0 Å². The number of rotatable bonds is 6. The van der Waals surface area contributed by atoms with Gasteiger partial charge in [0.1, 0.15) is 5.82 Å². The number of carbonyl (C=O) groups excluding carboxylic acids is 2. The molecule has 0 aliphatic carbocycles. The second kappa shape index (κ2) is 7.89. The van der Waals surface area contributed by atoms with Gasteiger partial charge in [-0.3, -0.25) is 9.59 Å². The van der Waals surface area contributed by atoms with Gasteiger partial charge in [-0.2, -0.15) is 0 Å². The topological polar surface area (TPSA) is 63.4 Å². The Hall–Kier alpha value is -2.95. The van der Waals surface area contributed by atoms with Gasteiger partial charge in [-0.1, -0.05) is 30.3 Å². The minimum atomic E-state index is -0.503. The van der Waals surface area contributed by atoms with Crippen LogP contribution in [0.1, 0.15) is 12.0 Å². The van der Waals surface area contributed by atoms with E-state index in [2.05, 4.69) is 0 Å². The summed E-state index contributed by atoms with van der Waals surface area (Å²) in [6, 6.07) is 14.9. The lowest BCUT2D eigenvalue weighted by molar-refractivity contribution is -0.118. The van der Waals surface area contributed by atoms with Crippen molar-refractivity contribution in [3.05, 3.63) is 72.1 Å². The smallest absolute Gasteiger partial charge is 0.251 e. The summed E-state index contributed by atoms with van der Waals surface area (Å²) < 4.78 is 13.0. The monoisotopic (exact) mass is 312 g/mol. The summed E-state index contributed by atoms with van der Waals surface area (Å²) in [7, 11) is 0. The van der Waals surface area contributed by atoms with Crippen molar-refractivity contribution in [3.8, 4) is 0 Å². The normalized spacial score (nSPS) is 10.7. The third-order valence-electron chi connectivity index (χ3n) is 3.20. The third kappa shape index (κ3) is 5.07. The Morgan fingerprint density at radius 1 is 1.04 bits per heavy atom. The fourth-order valence-electron chi connectivity index (χ4n) is 2.03. The minimum Gasteiger partial charge on any atom is -0.370 e. The molecule has 118 valence electrons. The summed E-state index contributed by atoms with van der Waals surface area (Å²) >= 11 is 0. The highest BCUT2D eigenvalue weighted by Gasteiger charge is 2.14. The van der Waals surface area contributed by atoms with Crippen LogP contribution in [0.25, 0.3) is 6.08 Å². The molecule has 0 atom stereocenters. The molecule has 2 rings (SSSR count). The molecule has 5 heteroatoms. The van der Waals surface area contributed by atoms with Crippen molar-refractivity contribution in [3.63, 3.8) is 0 Å². The molecule has 2 aromatic carbocycles. The lowest BCUT2D eigenvalue weighted by atomic mass is 10.2. The van der Waals surface area contributed by atoms with E-state index in [1.807, 2.05) is 30.3 Å². The standard InChI is InChI=1S/C18H17FN2O2/c19-15-7-9-16(10-8-15)21(13-12-17(20)22)18(23)11-6-14-4-2-1-3-5-14/h1-11H,12-13H2,(H2,20,22)/b11-6+. The molecule has 0 bridgehead atoms. The number of nitrogens with two attached hydrogens (primary N) is 1. The van der Waals surface area contributed by atoms with Crippen LogP contribution in [0, 0.1) is 5.82 Å². The van der Waals surface area contributed by atoms with Gasteiger partial charge in [-0.25, -0.2) is 4.39 Å². The number of hydrogen-bond acceptors (Lipinski definition) is 2. The number of nitrogens with zero attached hydrogens (tertiary/aromatic N) is 1. The second-order valence-corrected chi connectivity index (χ2v) is 4.93. The van der Waals surface area contributed by atoms with Crippen molar-refractivity contribution >= 4 is 23.6 Å². The average Bonchev–Trinajstić information content (AvgIpc) is 2.55. The van der Waals surface area contributed by atoms with Crippen LogP contribution in [0.15, 0.2) is 60.7 Å². The maximum absolute atomic E-state index is 13.0. The minimum absolute atomic E-state index is 0.0301. The first-order valence-corrected chi connectivity index (χ1v) is 7.15. The summed E-state index contributed by atoms with van der Waals surface area (Å²) in [4.78, 5) is 24.8. The Balaban J connectivity index is 2.18. The molecular formula is C18H17FN2O2. The van der Waals surface area contributed by atoms with Crippen LogP contribution in [-0.2, 0) is 9.59 Å². The first-order valence-electron chi connectivity index (χ1n) is 7.15. The zero-order valence-electron chi connectivity index (χ0n) is 12.5. The third-order valence-corrected chi connectivity index (χ3v) is 3.20. The number of benzene rings is 2. The first kappa shape index (κ1) is 16.4. The van der Waals surface area contributed by atoms with Gasteiger partial charge in [0, 0.05) is 24.7 Å². The quantitative estimate of drug-likeness (QED) is 0.834. The second-order valence-electron chi connectivity index (χ2n) is 4.93. The average molecular weight is 312 g/mol. The molecule has 0 aliphatic rings. The van der Waals surface area contributed by atoms with E-state index in [9.17, 15) is 14.0 Å². The van der Waals surface area contributed by atoms with Gasteiger partial charge in [-0.05, 0) is 35.9 Å². The van der Waals surface area contributed by atoms with Crippen LogP contribution in [0.2, 0.25) is 0 Å². The Labute approximate surface area is 134 Å². The number of anilines is 1. The van der Waals surface area contributed by atoms with Crippen molar-refractivity contribution < 1.29 is 14.0 Å². The van der Waals surface area contributed by atoms with E-state index in [0.29, 0.717) is 5.69 Å². The number of hydrogen-bond donors (Lipinski definition) is 1. The van der Waals surface area contributed by atoms with Crippen LogP contribution in [-0.4, -0.2) is 18.4 Å². The molecule has 2 amide bonds. The van der Waals surface area contributed by atoms with Crippen molar-refractivity contribution in [2.75, 3.05) is 11.4 Å². The largest absolute Gasteiger partial charge is 0.370 e. The molecule has 4 nitrogen and oxygen atoms in total. The van der Waals surface area contributed by atoms with Gasteiger partial charge >= 0.3 is 0 Å². The van der Waals surface area contributed by atoms with E-state index in [0.717, 1.165) is 5.56 Å². The first-order chi connectivity index (χ1) is 11.1. The van der Waals surface area contributed by atoms with E-state index in [1.165, 1.54) is 35.2 Å². The fraction of sp³-hybridized carbons (Fsp3) is 0.111. The van der Waals surface area contributed by atoms with Crippen molar-refractivity contribution in [1.82, 2.24) is 0 Å². The maximum Gasteiger partial charge on any atom is 0.251 e. The van der Waals surface area contributed by atoms with E-state index in [4.69, 9.17) is 5.73 Å². The highest BCUT2D eigenvalue weighted by atomic mass is 19.1. The van der Waals surface area contributed by atoms with Crippen molar-refractivity contribution in [1.29, 1.82) is 0 Å². The van der Waals surface area contributed by atoms with Gasteiger partial charge in [-0.15, -0.1) is 0 Å². The highest BCUT2D eigenvalue weighted by molar-refractivity contribution is 6.04. The predicted molar refractivity (Wildman–Crippen MR) is 88.0 cm³/mol. The number of amides is 2. The Kier molecular flexibility index (Phi) is 5.63. The molecule has 0 aliphatic heterocycles. The number of primary amides is 1. The maximum atomic E-state index is 13.0. The Morgan fingerprint density at radius 3 is 2.30 bits per heavy atom. The van der Waals surface area contributed by atoms with Crippen LogP contribution >= 0.6 is 0 Å². The molecule has 0 unspecified atom stereocenters. The van der Waals surface area contributed by atoms with E-state index in [-0.39, 0.29) is 18.9 Å². The predicted octanol–water partition coefficient (Wildman–Crippen LogP) is 2.75. The molecule has 0 radical (unpaired) electrons. The van der Waals surface area contributed by atoms with Gasteiger partial charge in [0.2, 0.25) is 5.91 Å². The molecule has 0 aromatic heterocycles. The van der Waals surface area contributed by atoms with Crippen molar-refractivity contribution in [2.24, 2.45) is 5.73 Å². The number of halogens is 1. The molecule has 2 N–H and O–H groups in total. The zero-order valence-corrected chi connectivity index (χ0v) is 12.5. The Bertz CT molecular complexity index is 697. The molecule has 0 saturated heterocycles. The van der Waals surface area contributed by atoms with Gasteiger partial charge < -0.3 is 10.6 Å². The van der Waals surface area contributed by atoms with Gasteiger partial charge in [0.05, 0.1) is 0 Å². The lowest BCUT2D eigenvalue weighted by Crippen LogP contribution is -2.32. The zero-order chi connectivity index (χ0) is 16.7. The van der Waals surface area contributed by atoms with Crippen LogP contribution < -0.4 is 10.6 Å². The SMILES string of the molecule is NC(=O)CCN(C(=O)/C=C/c1ccccc1)c1ccc(F)cc1. The molecule has 0 heterocycles. The summed E-state index contributed by atoms with van der Waals surface area (Å²) in [5, 5.41) is 0. The van der Waals surface area contributed by atoms with Gasteiger partial charge in [0.25, 0.3) is 5.91 Å². The highest BCUT2D eigenvalue weighted by Crippen LogP contribution is 2.16. The van der Waals surface area contributed by atoms with Crippen molar-refractivity contribution in [2.45, 2.75) is 6.42 Å². The van der Waals surface area contributed by atoms with Gasteiger partial charge in [0.15, 0.2) is 0 Å². The van der Waals surface area contributed by atoms with E-state index in [1.54, 1.807) is 6.08 Å².